The minimum absolute atomic E-state index is 0.717. The minimum Gasteiger partial charge on any atom is -0.465 e. The van der Waals surface area contributed by atoms with Gasteiger partial charge >= 0.3 is 47.9 Å². The van der Waals surface area contributed by atoms with Gasteiger partial charge in [0.05, 0.1) is 19.6 Å². The van der Waals surface area contributed by atoms with Gasteiger partial charge < -0.3 is 38.5 Å². The molecule has 44 heavy (non-hydrogen) atoms. The lowest BCUT2D eigenvalue weighted by molar-refractivity contribution is -0.345. The number of hydrogen-bond donors (Lipinski definition) is 1. The molecule has 0 saturated carbocycles. The van der Waals surface area contributed by atoms with Crippen molar-refractivity contribution in [1.82, 2.24) is 5.32 Å². The molecule has 1 rings (SSSR count). The van der Waals surface area contributed by atoms with Crippen LogP contribution in [0.1, 0.15) is 34.1 Å². The highest BCUT2D eigenvalue weighted by atomic mass is 19.4. The van der Waals surface area contributed by atoms with E-state index in [0.29, 0.717) is 6.92 Å². The molecule has 0 aromatic heterocycles. The van der Waals surface area contributed by atoms with E-state index in [1.807, 2.05) is 0 Å². The van der Waals surface area contributed by atoms with Gasteiger partial charge in [-0.2, -0.15) is 30.7 Å². The van der Waals surface area contributed by atoms with Crippen molar-refractivity contribution in [2.75, 3.05) is 20.8 Å². The Bertz CT molecular complexity index is 1120. The molecule has 6 atom stereocenters. The molecule has 0 radical (unpaired) electrons. The normalized spacial score (nSPS) is 23.8. The number of methoxy groups -OCH3 is 2. The lowest BCUT2D eigenvalue weighted by Gasteiger charge is -2.48. The van der Waals surface area contributed by atoms with Crippen molar-refractivity contribution in [1.29, 1.82) is 0 Å². The van der Waals surface area contributed by atoms with Gasteiger partial charge in [0, 0.05) is 34.8 Å². The third kappa shape index (κ3) is 8.67. The van der Waals surface area contributed by atoms with Crippen molar-refractivity contribution in [2.45, 2.75) is 88.4 Å². The van der Waals surface area contributed by atoms with E-state index in [1.165, 1.54) is 5.32 Å². The topological polar surface area (TPSA) is 179 Å². The highest BCUT2D eigenvalue weighted by Gasteiger charge is 2.76. The Morgan fingerprint density at radius 1 is 0.864 bits per heavy atom. The Balaban J connectivity index is 3.98. The van der Waals surface area contributed by atoms with E-state index in [1.54, 1.807) is 0 Å². The third-order valence-corrected chi connectivity index (χ3v) is 5.79. The number of halogens is 7. The smallest absolute Gasteiger partial charge is 0.460 e. The monoisotopic (exact) mass is 659 g/mol. The molecular weight excluding hydrogens is 631 g/mol. The van der Waals surface area contributed by atoms with Gasteiger partial charge in [-0.25, -0.2) is 4.79 Å². The lowest BCUT2D eigenvalue weighted by atomic mass is 9.87. The van der Waals surface area contributed by atoms with Crippen molar-refractivity contribution in [3.63, 3.8) is 0 Å². The molecule has 1 N–H and O–H groups in total. The van der Waals surface area contributed by atoms with E-state index in [4.69, 9.17) is 28.4 Å². The number of carbonyl (C=O) groups is 6. The largest absolute Gasteiger partial charge is 0.465 e. The van der Waals surface area contributed by atoms with Gasteiger partial charge in [-0.3, -0.25) is 24.0 Å². The predicted molar refractivity (Wildman–Crippen MR) is 122 cm³/mol. The number of esters is 5. The van der Waals surface area contributed by atoms with Gasteiger partial charge in [0.2, 0.25) is 0 Å². The molecular formula is C23H28F7NO13. The highest BCUT2D eigenvalue weighted by Crippen LogP contribution is 2.47. The van der Waals surface area contributed by atoms with Crippen LogP contribution in [-0.4, -0.2) is 111 Å². The summed E-state index contributed by atoms with van der Waals surface area (Å²) in [5, 5.41) is 1.17. The first kappa shape index (κ1) is 38.3. The molecule has 0 aromatic rings. The Labute approximate surface area is 243 Å². The van der Waals surface area contributed by atoms with Crippen LogP contribution >= 0.6 is 0 Å². The second-order valence-electron chi connectivity index (χ2n) is 9.05. The van der Waals surface area contributed by atoms with Gasteiger partial charge in [-0.1, -0.05) is 0 Å². The molecule has 1 fully saturated rings. The second-order valence-corrected chi connectivity index (χ2v) is 9.05. The molecule has 14 nitrogen and oxygen atoms in total. The maximum absolute atomic E-state index is 14.4. The lowest BCUT2D eigenvalue weighted by Crippen LogP contribution is -2.71. The first-order valence-corrected chi connectivity index (χ1v) is 12.1. The second kappa shape index (κ2) is 14.4. The zero-order valence-corrected chi connectivity index (χ0v) is 23.8. The average Bonchev–Trinajstić information content (AvgIpc) is 2.88. The molecule has 1 heterocycles. The zero-order chi connectivity index (χ0) is 34.4. The quantitative estimate of drug-likeness (QED) is 0.178. The third-order valence-electron chi connectivity index (χ3n) is 5.79. The van der Waals surface area contributed by atoms with Crippen LogP contribution < -0.4 is 5.32 Å². The standard InChI is InChI=1S/C23H28F7NO13/c1-9(32)40-8-14(42-11(3)34)16(43-12(4)35)17-15(31-18(36)21(24,25)22(26,27)23(28,29)30)13(41-10(2)33)7-20(39-6,44-17)19(37)38-5/h13-17H,7-8H2,1-6H3,(H,31,36)/t13-,14+,15+,16+,17+,20-/m0/s1. The molecule has 21 heteroatoms. The number of carbonyl (C=O) groups excluding carboxylic acids is 6. The fraction of sp³-hybridized carbons (Fsp3) is 0.739. The van der Waals surface area contributed by atoms with Crippen LogP contribution in [0, 0.1) is 0 Å². The summed E-state index contributed by atoms with van der Waals surface area (Å²) in [6.07, 6.45) is -16.9. The molecule has 0 unspecified atom stereocenters. The molecule has 0 bridgehead atoms. The molecule has 1 saturated heterocycles. The summed E-state index contributed by atoms with van der Waals surface area (Å²) in [6, 6.07) is -2.49. The Morgan fingerprint density at radius 3 is 1.82 bits per heavy atom. The number of ether oxygens (including phenoxy) is 7. The van der Waals surface area contributed by atoms with E-state index in [2.05, 4.69) is 4.74 Å². The molecule has 1 aliphatic rings. The number of amides is 1. The summed E-state index contributed by atoms with van der Waals surface area (Å²) in [5.41, 5.74) is 0. The predicted octanol–water partition coefficient (Wildman–Crippen LogP) is 0.967. The fourth-order valence-electron chi connectivity index (χ4n) is 3.94. The van der Waals surface area contributed by atoms with Gasteiger partial charge in [-0.05, 0) is 0 Å². The van der Waals surface area contributed by atoms with Crippen molar-refractivity contribution < 1.29 is 92.7 Å². The summed E-state index contributed by atoms with van der Waals surface area (Å²) >= 11 is 0. The number of nitrogens with one attached hydrogen (secondary N) is 1. The summed E-state index contributed by atoms with van der Waals surface area (Å²) in [4.78, 5) is 72.4. The number of alkyl halides is 7. The van der Waals surface area contributed by atoms with Gasteiger partial charge in [0.15, 0.2) is 12.2 Å². The molecule has 0 spiro atoms. The summed E-state index contributed by atoms with van der Waals surface area (Å²) in [5.74, 6) is -25.7. The maximum Gasteiger partial charge on any atom is 0.460 e. The van der Waals surface area contributed by atoms with E-state index < -0.39 is 103 Å². The van der Waals surface area contributed by atoms with Crippen LogP contribution in [0.4, 0.5) is 30.7 Å². The van der Waals surface area contributed by atoms with Crippen molar-refractivity contribution >= 4 is 35.8 Å². The SMILES string of the molecule is COC(=O)[C@]1(OC)C[C@H](OC(C)=O)[C@@H](NC(=O)C(F)(F)C(F)(F)C(F)(F)F)[C@H]([C@H](OC(C)=O)[C@@H](COC(C)=O)OC(C)=O)O1. The molecule has 1 aliphatic heterocycles. The average molecular weight is 659 g/mol. The molecule has 0 aromatic carbocycles. The van der Waals surface area contributed by atoms with E-state index >= 15 is 0 Å². The molecule has 0 aliphatic carbocycles. The zero-order valence-electron chi connectivity index (χ0n) is 23.8. The first-order valence-electron chi connectivity index (χ1n) is 12.1. The fourth-order valence-corrected chi connectivity index (χ4v) is 3.94. The first-order chi connectivity index (χ1) is 20.0. The van der Waals surface area contributed by atoms with E-state index in [9.17, 15) is 59.5 Å². The van der Waals surface area contributed by atoms with Crippen LogP contribution in [-0.2, 0) is 61.9 Å². The summed E-state index contributed by atoms with van der Waals surface area (Å²) in [7, 11) is 1.60. The van der Waals surface area contributed by atoms with Crippen molar-refractivity contribution in [3.8, 4) is 0 Å². The van der Waals surface area contributed by atoms with Gasteiger partial charge in [0.1, 0.15) is 18.8 Å². The summed E-state index contributed by atoms with van der Waals surface area (Å²) < 4.78 is 129. The van der Waals surface area contributed by atoms with Crippen molar-refractivity contribution in [3.05, 3.63) is 0 Å². The Morgan fingerprint density at radius 2 is 1.41 bits per heavy atom. The van der Waals surface area contributed by atoms with Crippen LogP contribution in [0.2, 0.25) is 0 Å². The van der Waals surface area contributed by atoms with Crippen LogP contribution in [0.25, 0.3) is 0 Å². The molecule has 1 amide bonds. The highest BCUT2D eigenvalue weighted by molar-refractivity contribution is 5.85. The minimum atomic E-state index is -6.95. The Hall–Kier alpha value is -3.75. The van der Waals surface area contributed by atoms with Crippen molar-refractivity contribution in [2.24, 2.45) is 0 Å². The van der Waals surface area contributed by atoms with Crippen LogP contribution in [0.5, 0.6) is 0 Å². The van der Waals surface area contributed by atoms with Gasteiger partial charge in [0.25, 0.3) is 11.7 Å². The van der Waals surface area contributed by atoms with E-state index in [-0.39, 0.29) is 0 Å². The number of hydrogen-bond acceptors (Lipinski definition) is 13. The Kier molecular flexibility index (Phi) is 12.5. The van der Waals surface area contributed by atoms with Crippen LogP contribution in [0.3, 0.4) is 0 Å². The molecule has 252 valence electrons. The van der Waals surface area contributed by atoms with E-state index in [0.717, 1.165) is 35.0 Å². The summed E-state index contributed by atoms with van der Waals surface area (Å²) in [6.45, 7) is 2.10. The number of rotatable bonds is 12. The van der Waals surface area contributed by atoms with Crippen LogP contribution in [0.15, 0.2) is 0 Å². The maximum atomic E-state index is 14.4. The van der Waals surface area contributed by atoms with Gasteiger partial charge in [-0.15, -0.1) is 0 Å².